The number of rotatable bonds is 5. The van der Waals surface area contributed by atoms with Crippen molar-refractivity contribution in [2.24, 2.45) is 7.05 Å². The summed E-state index contributed by atoms with van der Waals surface area (Å²) in [6.07, 6.45) is 2.12. The molecule has 2 rings (SSSR count). The van der Waals surface area contributed by atoms with Gasteiger partial charge in [0, 0.05) is 31.4 Å². The fraction of sp³-hybridized carbons (Fsp3) is 0.188. The Bertz CT molecular complexity index is 747. The molecule has 0 atom stereocenters. The van der Waals surface area contributed by atoms with Gasteiger partial charge in [-0.25, -0.2) is 4.79 Å². The fourth-order valence-electron chi connectivity index (χ4n) is 1.93. The second-order valence-corrected chi connectivity index (χ2v) is 4.87. The summed E-state index contributed by atoms with van der Waals surface area (Å²) < 4.78 is 1.39. The smallest absolute Gasteiger partial charge is 0.335 e. The van der Waals surface area contributed by atoms with Crippen molar-refractivity contribution in [2.45, 2.75) is 6.42 Å². The predicted molar refractivity (Wildman–Crippen MR) is 81.1 cm³/mol. The molecule has 2 aromatic rings. The van der Waals surface area contributed by atoms with E-state index >= 15 is 0 Å². The zero-order valence-corrected chi connectivity index (χ0v) is 12.1. The molecule has 0 unspecified atom stereocenters. The molecule has 0 radical (unpaired) electrons. The zero-order valence-electron chi connectivity index (χ0n) is 12.1. The van der Waals surface area contributed by atoms with Gasteiger partial charge in [-0.05, 0) is 30.2 Å². The van der Waals surface area contributed by atoms with Crippen molar-refractivity contribution in [3.63, 3.8) is 0 Å². The summed E-state index contributed by atoms with van der Waals surface area (Å²) in [6, 6.07) is 9.36. The van der Waals surface area contributed by atoms with Crippen molar-refractivity contribution >= 4 is 11.9 Å². The molecule has 1 heterocycles. The monoisotopic (exact) mass is 300 g/mol. The Balaban J connectivity index is 1.90. The lowest BCUT2D eigenvalue weighted by Crippen LogP contribution is -2.27. The van der Waals surface area contributed by atoms with Gasteiger partial charge < -0.3 is 15.0 Å². The molecule has 0 saturated heterocycles. The summed E-state index contributed by atoms with van der Waals surface area (Å²) in [6.45, 7) is 0.403. The van der Waals surface area contributed by atoms with Crippen LogP contribution in [0.2, 0.25) is 0 Å². The second kappa shape index (κ2) is 6.71. The molecule has 0 fully saturated rings. The van der Waals surface area contributed by atoms with Crippen LogP contribution in [0.25, 0.3) is 0 Å². The third-order valence-corrected chi connectivity index (χ3v) is 3.27. The lowest BCUT2D eigenvalue weighted by atomic mass is 10.1. The topological polar surface area (TPSA) is 88.4 Å². The molecule has 0 aliphatic heterocycles. The molecule has 6 nitrogen and oxygen atoms in total. The number of carboxylic acid groups (broad SMARTS) is 1. The van der Waals surface area contributed by atoms with Gasteiger partial charge in [-0.1, -0.05) is 12.1 Å². The van der Waals surface area contributed by atoms with Crippen LogP contribution >= 0.6 is 0 Å². The minimum absolute atomic E-state index is 0.230. The van der Waals surface area contributed by atoms with Crippen LogP contribution in [-0.4, -0.2) is 28.1 Å². The molecular weight excluding hydrogens is 284 g/mol. The highest BCUT2D eigenvalue weighted by atomic mass is 16.4. The summed E-state index contributed by atoms with van der Waals surface area (Å²) in [5.74, 6) is -1.27. The highest BCUT2D eigenvalue weighted by molar-refractivity contribution is 5.94. The molecule has 114 valence electrons. The van der Waals surface area contributed by atoms with Gasteiger partial charge in [0.2, 0.25) is 0 Å². The van der Waals surface area contributed by atoms with Crippen molar-refractivity contribution in [1.82, 2.24) is 9.88 Å². The number of aromatic nitrogens is 1. The first kappa shape index (κ1) is 15.5. The molecule has 6 heteroatoms. The number of pyridine rings is 1. The second-order valence-electron chi connectivity index (χ2n) is 4.87. The average molecular weight is 300 g/mol. The molecular formula is C16H16N2O4. The van der Waals surface area contributed by atoms with Crippen LogP contribution < -0.4 is 10.9 Å². The fourth-order valence-corrected chi connectivity index (χ4v) is 1.93. The number of aryl methyl sites for hydroxylation is 1. The van der Waals surface area contributed by atoms with Crippen LogP contribution in [0.15, 0.2) is 47.4 Å². The molecule has 0 aliphatic carbocycles. The number of nitrogens with zero attached hydrogens (tertiary/aromatic N) is 1. The van der Waals surface area contributed by atoms with Crippen LogP contribution in [0.4, 0.5) is 0 Å². The van der Waals surface area contributed by atoms with Gasteiger partial charge in [-0.15, -0.1) is 0 Å². The third kappa shape index (κ3) is 3.82. The number of hydrogen-bond acceptors (Lipinski definition) is 3. The van der Waals surface area contributed by atoms with E-state index in [0.29, 0.717) is 18.5 Å². The number of carboxylic acids is 1. The van der Waals surface area contributed by atoms with E-state index in [2.05, 4.69) is 5.32 Å². The van der Waals surface area contributed by atoms with Crippen molar-refractivity contribution < 1.29 is 14.7 Å². The predicted octanol–water partition coefficient (Wildman–Crippen LogP) is 1.06. The number of hydrogen-bond donors (Lipinski definition) is 2. The Kier molecular flexibility index (Phi) is 4.73. The molecule has 2 N–H and O–H groups in total. The van der Waals surface area contributed by atoms with E-state index < -0.39 is 5.97 Å². The number of carbonyl (C=O) groups excluding carboxylic acids is 1. The lowest BCUT2D eigenvalue weighted by Gasteiger charge is -2.06. The SMILES string of the molecule is Cn1ccc(C(=O)NCCc2ccc(C(=O)O)cc2)cc1=O. The summed E-state index contributed by atoms with van der Waals surface area (Å²) in [5, 5.41) is 11.5. The van der Waals surface area contributed by atoms with E-state index in [1.165, 1.54) is 22.8 Å². The molecule has 1 amide bonds. The highest BCUT2D eigenvalue weighted by Gasteiger charge is 2.06. The molecule has 1 aromatic carbocycles. The average Bonchev–Trinajstić information content (AvgIpc) is 2.50. The first-order valence-corrected chi connectivity index (χ1v) is 6.74. The number of benzene rings is 1. The van der Waals surface area contributed by atoms with Gasteiger partial charge in [0.1, 0.15) is 0 Å². The van der Waals surface area contributed by atoms with E-state index in [1.54, 1.807) is 31.4 Å². The van der Waals surface area contributed by atoms with Crippen molar-refractivity contribution in [3.05, 3.63) is 69.6 Å². The minimum atomic E-state index is -0.967. The molecule has 22 heavy (non-hydrogen) atoms. The van der Waals surface area contributed by atoms with Crippen molar-refractivity contribution in [3.8, 4) is 0 Å². The van der Waals surface area contributed by atoms with Gasteiger partial charge >= 0.3 is 5.97 Å². The Labute approximate surface area is 127 Å². The van der Waals surface area contributed by atoms with E-state index in [1.807, 2.05) is 0 Å². The first-order chi connectivity index (χ1) is 10.5. The largest absolute Gasteiger partial charge is 0.478 e. The van der Waals surface area contributed by atoms with Crippen LogP contribution in [-0.2, 0) is 13.5 Å². The first-order valence-electron chi connectivity index (χ1n) is 6.74. The highest BCUT2D eigenvalue weighted by Crippen LogP contribution is 2.05. The summed E-state index contributed by atoms with van der Waals surface area (Å²) in [4.78, 5) is 34.1. The lowest BCUT2D eigenvalue weighted by molar-refractivity contribution is 0.0696. The quantitative estimate of drug-likeness (QED) is 0.864. The minimum Gasteiger partial charge on any atom is -0.478 e. The maximum atomic E-state index is 11.9. The molecule has 0 aliphatic rings. The Morgan fingerprint density at radius 1 is 1.14 bits per heavy atom. The van der Waals surface area contributed by atoms with Crippen LogP contribution in [0, 0.1) is 0 Å². The summed E-state index contributed by atoms with van der Waals surface area (Å²) in [7, 11) is 1.62. The van der Waals surface area contributed by atoms with Gasteiger partial charge in [0.05, 0.1) is 5.56 Å². The van der Waals surface area contributed by atoms with Crippen molar-refractivity contribution in [2.75, 3.05) is 6.54 Å². The Hall–Kier alpha value is -2.89. The molecule has 0 spiro atoms. The maximum absolute atomic E-state index is 11.9. The number of amides is 1. The van der Waals surface area contributed by atoms with Crippen molar-refractivity contribution in [1.29, 1.82) is 0 Å². The third-order valence-electron chi connectivity index (χ3n) is 3.27. The normalized spacial score (nSPS) is 10.2. The summed E-state index contributed by atoms with van der Waals surface area (Å²) >= 11 is 0. The van der Waals surface area contributed by atoms with E-state index in [9.17, 15) is 14.4 Å². The Morgan fingerprint density at radius 2 is 1.82 bits per heavy atom. The molecule has 1 aromatic heterocycles. The van der Waals surface area contributed by atoms with Crippen LogP contribution in [0.3, 0.4) is 0 Å². The number of aromatic carboxylic acids is 1. The van der Waals surface area contributed by atoms with E-state index in [0.717, 1.165) is 5.56 Å². The van der Waals surface area contributed by atoms with E-state index in [4.69, 9.17) is 5.11 Å². The number of carbonyl (C=O) groups is 2. The Morgan fingerprint density at radius 3 is 2.41 bits per heavy atom. The van der Waals surface area contributed by atoms with Crippen LogP contribution in [0.5, 0.6) is 0 Å². The molecule has 0 saturated carbocycles. The molecule has 0 bridgehead atoms. The van der Waals surface area contributed by atoms with E-state index in [-0.39, 0.29) is 17.0 Å². The van der Waals surface area contributed by atoms with Gasteiger partial charge in [-0.3, -0.25) is 9.59 Å². The maximum Gasteiger partial charge on any atom is 0.335 e. The van der Waals surface area contributed by atoms with Gasteiger partial charge in [-0.2, -0.15) is 0 Å². The van der Waals surface area contributed by atoms with Gasteiger partial charge in [0.25, 0.3) is 11.5 Å². The standard InChI is InChI=1S/C16H16N2O4/c1-18-9-7-13(10-14(18)19)15(20)17-8-6-11-2-4-12(5-3-11)16(21)22/h2-5,7,9-10H,6,8H2,1H3,(H,17,20)(H,21,22). The van der Waals surface area contributed by atoms with Gasteiger partial charge in [0.15, 0.2) is 0 Å². The van der Waals surface area contributed by atoms with Crippen LogP contribution in [0.1, 0.15) is 26.3 Å². The zero-order chi connectivity index (χ0) is 16.1. The number of nitrogens with one attached hydrogen (secondary N) is 1. The summed E-state index contributed by atoms with van der Waals surface area (Å²) in [5.41, 5.74) is 1.24.